The van der Waals surface area contributed by atoms with Crippen LogP contribution in [-0.4, -0.2) is 35.1 Å². The fourth-order valence-corrected chi connectivity index (χ4v) is 2.54. The number of ether oxygens (including phenoxy) is 1. The highest BCUT2D eigenvalue weighted by Gasteiger charge is 2.17. The minimum Gasteiger partial charge on any atom is -0.495 e. The van der Waals surface area contributed by atoms with Crippen molar-refractivity contribution < 1.29 is 19.4 Å². The van der Waals surface area contributed by atoms with E-state index in [-0.39, 0.29) is 11.7 Å². The van der Waals surface area contributed by atoms with Gasteiger partial charge in [0.25, 0.3) is 0 Å². The smallest absolute Gasteiger partial charge is 0.316 e. The van der Waals surface area contributed by atoms with Crippen LogP contribution in [0.4, 0.5) is 5.69 Å². The Hall–Kier alpha value is -1.40. The van der Waals surface area contributed by atoms with Crippen LogP contribution in [-0.2, 0) is 9.59 Å². The predicted octanol–water partition coefficient (Wildman–Crippen LogP) is 2.88. The lowest BCUT2D eigenvalue weighted by atomic mass is 10.3. The van der Waals surface area contributed by atoms with Gasteiger partial charge in [0.2, 0.25) is 5.91 Å². The first kappa shape index (κ1) is 16.7. The minimum atomic E-state index is -0.905. The number of aliphatic carboxylic acids is 1. The Balaban J connectivity index is 2.54. The van der Waals surface area contributed by atoms with Crippen LogP contribution in [0.25, 0.3) is 0 Å². The molecule has 1 aromatic rings. The van der Waals surface area contributed by atoms with Gasteiger partial charge in [0, 0.05) is 5.69 Å². The largest absolute Gasteiger partial charge is 0.495 e. The number of nitrogens with one attached hydrogen (secondary N) is 1. The number of carboxylic acid groups (broad SMARTS) is 1. The van der Waals surface area contributed by atoms with Crippen molar-refractivity contribution in [3.8, 4) is 5.75 Å². The number of hydrogen-bond donors (Lipinski definition) is 2. The Labute approximate surface area is 126 Å². The summed E-state index contributed by atoms with van der Waals surface area (Å²) in [5.74, 6) is -0.571. The summed E-state index contributed by atoms with van der Waals surface area (Å²) in [5, 5.41) is 11.4. The van der Waals surface area contributed by atoms with Crippen molar-refractivity contribution >= 4 is 40.9 Å². The van der Waals surface area contributed by atoms with Crippen LogP contribution in [0.15, 0.2) is 18.2 Å². The van der Waals surface area contributed by atoms with Crippen LogP contribution in [0.3, 0.4) is 0 Å². The normalized spacial score (nSPS) is 11.8. The average molecular weight is 318 g/mol. The molecule has 0 aliphatic heterocycles. The molecule has 0 spiro atoms. The van der Waals surface area contributed by atoms with Gasteiger partial charge < -0.3 is 15.2 Å². The second kappa shape index (κ2) is 8.01. The van der Waals surface area contributed by atoms with E-state index in [0.29, 0.717) is 22.9 Å². The second-order valence-corrected chi connectivity index (χ2v) is 5.54. The zero-order valence-electron chi connectivity index (χ0n) is 11.2. The van der Waals surface area contributed by atoms with E-state index in [4.69, 9.17) is 21.4 Å². The molecule has 0 heterocycles. The highest BCUT2D eigenvalue weighted by atomic mass is 35.5. The fraction of sp³-hybridized carbons (Fsp3) is 0.385. The van der Waals surface area contributed by atoms with Crippen LogP contribution in [0, 0.1) is 0 Å². The van der Waals surface area contributed by atoms with Gasteiger partial charge in [0.05, 0.1) is 17.9 Å². The highest BCUT2D eigenvalue weighted by molar-refractivity contribution is 8.01. The van der Waals surface area contributed by atoms with Gasteiger partial charge in [-0.1, -0.05) is 18.5 Å². The fourth-order valence-electron chi connectivity index (χ4n) is 1.48. The molecule has 0 radical (unpaired) electrons. The molecule has 0 saturated carbocycles. The minimum absolute atomic E-state index is 0.0778. The Bertz CT molecular complexity index is 495. The van der Waals surface area contributed by atoms with E-state index in [1.807, 2.05) is 0 Å². The van der Waals surface area contributed by atoms with Crippen molar-refractivity contribution in [2.24, 2.45) is 0 Å². The van der Waals surface area contributed by atoms with Gasteiger partial charge in [-0.25, -0.2) is 0 Å². The molecule has 1 rings (SSSR count). The number of carboxylic acids is 1. The number of carbonyl (C=O) groups is 2. The lowest BCUT2D eigenvalue weighted by molar-refractivity contribution is -0.136. The maximum atomic E-state index is 11.7. The van der Waals surface area contributed by atoms with E-state index in [2.05, 4.69) is 5.32 Å². The van der Waals surface area contributed by atoms with Crippen molar-refractivity contribution in [3.63, 3.8) is 0 Å². The number of amides is 1. The number of thioether (sulfide) groups is 1. The number of halogens is 1. The third-order valence-electron chi connectivity index (χ3n) is 2.50. The summed E-state index contributed by atoms with van der Waals surface area (Å²) in [6, 6.07) is 4.90. The average Bonchev–Trinajstić information content (AvgIpc) is 2.39. The van der Waals surface area contributed by atoms with Crippen molar-refractivity contribution in [1.29, 1.82) is 0 Å². The first-order valence-electron chi connectivity index (χ1n) is 5.95. The van der Waals surface area contributed by atoms with Crippen LogP contribution < -0.4 is 10.1 Å². The molecule has 0 fully saturated rings. The van der Waals surface area contributed by atoms with Gasteiger partial charge in [0.15, 0.2) is 0 Å². The predicted molar refractivity (Wildman–Crippen MR) is 80.8 cm³/mol. The Morgan fingerprint density at radius 3 is 2.70 bits per heavy atom. The number of hydrogen-bond acceptors (Lipinski definition) is 4. The Morgan fingerprint density at radius 2 is 2.20 bits per heavy atom. The standard InChI is InChI=1S/C13H16ClNO4S/c1-3-11(13(17)18)20-7-12(16)15-8-4-5-10(19-2)9(14)6-8/h4-6,11H,3,7H2,1-2H3,(H,15,16)(H,17,18). The summed E-state index contributed by atoms with van der Waals surface area (Å²) in [5.41, 5.74) is 0.546. The van der Waals surface area contributed by atoms with E-state index in [9.17, 15) is 9.59 Å². The number of anilines is 1. The van der Waals surface area contributed by atoms with Crippen molar-refractivity contribution in [2.45, 2.75) is 18.6 Å². The number of rotatable bonds is 7. The Kier molecular flexibility index (Phi) is 6.67. The molecule has 0 aliphatic carbocycles. The lowest BCUT2D eigenvalue weighted by Gasteiger charge is -2.10. The van der Waals surface area contributed by atoms with Gasteiger partial charge in [-0.05, 0) is 24.6 Å². The van der Waals surface area contributed by atoms with E-state index in [0.717, 1.165) is 11.8 Å². The lowest BCUT2D eigenvalue weighted by Crippen LogP contribution is -2.20. The first-order valence-corrected chi connectivity index (χ1v) is 7.38. The molecule has 1 atom stereocenters. The molecule has 1 amide bonds. The van der Waals surface area contributed by atoms with Crippen LogP contribution in [0.2, 0.25) is 5.02 Å². The van der Waals surface area contributed by atoms with Crippen LogP contribution in [0.1, 0.15) is 13.3 Å². The van der Waals surface area contributed by atoms with Gasteiger partial charge in [-0.15, -0.1) is 11.8 Å². The first-order chi connectivity index (χ1) is 9.47. The maximum absolute atomic E-state index is 11.7. The number of carbonyl (C=O) groups excluding carboxylic acids is 1. The quantitative estimate of drug-likeness (QED) is 0.808. The molecule has 1 unspecified atom stereocenters. The molecule has 110 valence electrons. The van der Waals surface area contributed by atoms with Gasteiger partial charge in [-0.3, -0.25) is 9.59 Å². The molecule has 0 bridgehead atoms. The molecular weight excluding hydrogens is 302 g/mol. The third kappa shape index (κ3) is 4.94. The Morgan fingerprint density at radius 1 is 1.50 bits per heavy atom. The number of methoxy groups -OCH3 is 1. The van der Waals surface area contributed by atoms with Gasteiger partial charge in [0.1, 0.15) is 11.0 Å². The van der Waals surface area contributed by atoms with Crippen LogP contribution >= 0.6 is 23.4 Å². The summed E-state index contributed by atoms with van der Waals surface area (Å²) in [7, 11) is 1.51. The van der Waals surface area contributed by atoms with E-state index in [1.54, 1.807) is 25.1 Å². The summed E-state index contributed by atoms with van der Waals surface area (Å²) in [6.07, 6.45) is 0.474. The third-order valence-corrected chi connectivity index (χ3v) is 4.16. The van der Waals surface area contributed by atoms with E-state index >= 15 is 0 Å². The van der Waals surface area contributed by atoms with Gasteiger partial charge >= 0.3 is 5.97 Å². The summed E-state index contributed by atoms with van der Waals surface area (Å²) in [6.45, 7) is 1.77. The SMILES string of the molecule is CCC(SCC(=O)Nc1ccc(OC)c(Cl)c1)C(=O)O. The topological polar surface area (TPSA) is 75.6 Å². The molecule has 0 aliphatic rings. The summed E-state index contributed by atoms with van der Waals surface area (Å²) < 4.78 is 5.01. The molecule has 0 aromatic heterocycles. The molecule has 5 nitrogen and oxygen atoms in total. The van der Waals surface area contributed by atoms with Gasteiger partial charge in [-0.2, -0.15) is 0 Å². The second-order valence-electron chi connectivity index (χ2n) is 3.94. The molecule has 2 N–H and O–H groups in total. The molecule has 1 aromatic carbocycles. The molecule has 7 heteroatoms. The van der Waals surface area contributed by atoms with Crippen molar-refractivity contribution in [2.75, 3.05) is 18.2 Å². The monoisotopic (exact) mass is 317 g/mol. The number of benzene rings is 1. The summed E-state index contributed by atoms with van der Waals surface area (Å²) >= 11 is 7.04. The van der Waals surface area contributed by atoms with E-state index in [1.165, 1.54) is 7.11 Å². The molecule has 0 saturated heterocycles. The van der Waals surface area contributed by atoms with E-state index < -0.39 is 11.2 Å². The molecule has 20 heavy (non-hydrogen) atoms. The molecular formula is C13H16ClNO4S. The summed E-state index contributed by atoms with van der Waals surface area (Å²) in [4.78, 5) is 22.6. The van der Waals surface area contributed by atoms with Crippen molar-refractivity contribution in [1.82, 2.24) is 0 Å². The van der Waals surface area contributed by atoms with Crippen molar-refractivity contribution in [3.05, 3.63) is 23.2 Å². The zero-order chi connectivity index (χ0) is 15.1. The van der Waals surface area contributed by atoms with Crippen LogP contribution in [0.5, 0.6) is 5.75 Å². The zero-order valence-corrected chi connectivity index (χ0v) is 12.8. The maximum Gasteiger partial charge on any atom is 0.316 e. The highest BCUT2D eigenvalue weighted by Crippen LogP contribution is 2.27.